The van der Waals surface area contributed by atoms with Gasteiger partial charge in [0.1, 0.15) is 0 Å². The molecule has 0 saturated carbocycles. The first-order valence-electron chi connectivity index (χ1n) is 7.14. The monoisotopic (exact) mass is 335 g/mol. The maximum absolute atomic E-state index is 4.53. The SMILES string of the molecule is CCNC(Cc1cc(CC)nn1C)c1ccc(Br)cc1. The quantitative estimate of drug-likeness (QED) is 0.873. The van der Waals surface area contributed by atoms with Crippen LogP contribution in [0.15, 0.2) is 34.8 Å². The van der Waals surface area contributed by atoms with E-state index in [-0.39, 0.29) is 0 Å². The van der Waals surface area contributed by atoms with Crippen LogP contribution in [-0.2, 0) is 19.9 Å². The Labute approximate surface area is 129 Å². The van der Waals surface area contributed by atoms with Gasteiger partial charge in [-0.2, -0.15) is 5.10 Å². The van der Waals surface area contributed by atoms with Gasteiger partial charge in [-0.15, -0.1) is 0 Å². The van der Waals surface area contributed by atoms with Crippen molar-refractivity contribution in [1.82, 2.24) is 15.1 Å². The first-order valence-corrected chi connectivity index (χ1v) is 7.94. The maximum Gasteiger partial charge on any atom is 0.0624 e. The number of likely N-dealkylation sites (N-methyl/N-ethyl adjacent to an activating group) is 1. The molecule has 1 aromatic carbocycles. The van der Waals surface area contributed by atoms with Crippen molar-refractivity contribution in [3.05, 3.63) is 51.8 Å². The molecule has 2 aromatic rings. The molecule has 1 N–H and O–H groups in total. The lowest BCUT2D eigenvalue weighted by atomic mass is 10.0. The topological polar surface area (TPSA) is 29.9 Å². The van der Waals surface area contributed by atoms with Gasteiger partial charge >= 0.3 is 0 Å². The number of aromatic nitrogens is 2. The number of hydrogen-bond acceptors (Lipinski definition) is 2. The second-order valence-corrected chi connectivity index (χ2v) is 5.89. The summed E-state index contributed by atoms with van der Waals surface area (Å²) in [6.45, 7) is 5.24. The van der Waals surface area contributed by atoms with E-state index in [2.05, 4.69) is 70.5 Å². The van der Waals surface area contributed by atoms with Crippen molar-refractivity contribution in [3.8, 4) is 0 Å². The highest BCUT2D eigenvalue weighted by Gasteiger charge is 2.14. The second-order valence-electron chi connectivity index (χ2n) is 4.97. The Kier molecular flexibility index (Phi) is 5.38. The van der Waals surface area contributed by atoms with Gasteiger partial charge in [0.2, 0.25) is 0 Å². The summed E-state index contributed by atoms with van der Waals surface area (Å²) in [5, 5.41) is 8.10. The molecule has 1 heterocycles. The summed E-state index contributed by atoms with van der Waals surface area (Å²) >= 11 is 3.49. The molecule has 0 bridgehead atoms. The van der Waals surface area contributed by atoms with Crippen molar-refractivity contribution in [2.24, 2.45) is 7.05 Å². The summed E-state index contributed by atoms with van der Waals surface area (Å²) in [7, 11) is 2.03. The normalized spacial score (nSPS) is 12.6. The standard InChI is InChI=1S/C16H22BrN3/c1-4-14-10-15(20(3)19-14)11-16(18-5-2)12-6-8-13(17)9-7-12/h6-10,16,18H,4-5,11H2,1-3H3. The summed E-state index contributed by atoms with van der Waals surface area (Å²) in [5.74, 6) is 0. The van der Waals surface area contributed by atoms with Gasteiger partial charge in [-0.1, -0.05) is 41.9 Å². The molecule has 4 heteroatoms. The molecule has 20 heavy (non-hydrogen) atoms. The molecule has 0 amide bonds. The van der Waals surface area contributed by atoms with Gasteiger partial charge < -0.3 is 5.32 Å². The van der Waals surface area contributed by atoms with Crippen LogP contribution in [-0.4, -0.2) is 16.3 Å². The van der Waals surface area contributed by atoms with Crippen LogP contribution in [0.3, 0.4) is 0 Å². The minimum absolute atomic E-state index is 0.327. The van der Waals surface area contributed by atoms with Gasteiger partial charge in [-0.25, -0.2) is 0 Å². The zero-order valence-corrected chi connectivity index (χ0v) is 13.9. The van der Waals surface area contributed by atoms with Crippen LogP contribution in [0.25, 0.3) is 0 Å². The Hall–Kier alpha value is -1.13. The van der Waals surface area contributed by atoms with Gasteiger partial charge in [0.25, 0.3) is 0 Å². The summed E-state index contributed by atoms with van der Waals surface area (Å²) < 4.78 is 3.12. The predicted octanol–water partition coefficient (Wildman–Crippen LogP) is 3.64. The molecule has 0 aliphatic heterocycles. The van der Waals surface area contributed by atoms with Crippen LogP contribution in [0.4, 0.5) is 0 Å². The predicted molar refractivity (Wildman–Crippen MR) is 86.8 cm³/mol. The third-order valence-electron chi connectivity index (χ3n) is 3.53. The Morgan fingerprint density at radius 3 is 2.50 bits per heavy atom. The van der Waals surface area contributed by atoms with E-state index in [1.165, 1.54) is 11.3 Å². The van der Waals surface area contributed by atoms with E-state index in [9.17, 15) is 0 Å². The van der Waals surface area contributed by atoms with E-state index in [1.807, 2.05) is 11.7 Å². The fourth-order valence-corrected chi connectivity index (χ4v) is 2.66. The van der Waals surface area contributed by atoms with Gasteiger partial charge in [0, 0.05) is 29.7 Å². The van der Waals surface area contributed by atoms with E-state index in [0.29, 0.717) is 6.04 Å². The lowest BCUT2D eigenvalue weighted by Crippen LogP contribution is -2.23. The zero-order chi connectivity index (χ0) is 14.5. The summed E-state index contributed by atoms with van der Waals surface area (Å²) in [6.07, 6.45) is 1.94. The molecule has 0 spiro atoms. The molecule has 1 atom stereocenters. The Balaban J connectivity index is 2.20. The van der Waals surface area contributed by atoms with Crippen molar-refractivity contribution in [1.29, 1.82) is 0 Å². The molecule has 1 aromatic heterocycles. The largest absolute Gasteiger partial charge is 0.310 e. The Bertz CT molecular complexity index is 545. The number of rotatable bonds is 6. The zero-order valence-electron chi connectivity index (χ0n) is 12.4. The van der Waals surface area contributed by atoms with Crippen molar-refractivity contribution >= 4 is 15.9 Å². The van der Waals surface area contributed by atoms with Crippen molar-refractivity contribution in [2.45, 2.75) is 32.7 Å². The lowest BCUT2D eigenvalue weighted by Gasteiger charge is -2.18. The van der Waals surface area contributed by atoms with Gasteiger partial charge in [-0.05, 0) is 36.7 Å². The summed E-state index contributed by atoms with van der Waals surface area (Å²) in [6, 6.07) is 11.1. The Morgan fingerprint density at radius 1 is 1.25 bits per heavy atom. The minimum atomic E-state index is 0.327. The van der Waals surface area contributed by atoms with Crippen molar-refractivity contribution < 1.29 is 0 Å². The van der Waals surface area contributed by atoms with Gasteiger partial charge in [-0.3, -0.25) is 4.68 Å². The molecule has 2 rings (SSSR count). The smallest absolute Gasteiger partial charge is 0.0624 e. The molecule has 1 unspecified atom stereocenters. The molecule has 0 aliphatic rings. The average Bonchev–Trinajstić information content (AvgIpc) is 2.80. The van der Waals surface area contributed by atoms with Crippen LogP contribution in [0.5, 0.6) is 0 Å². The molecular formula is C16H22BrN3. The number of benzene rings is 1. The molecular weight excluding hydrogens is 314 g/mol. The maximum atomic E-state index is 4.53. The lowest BCUT2D eigenvalue weighted by molar-refractivity contribution is 0.528. The fourth-order valence-electron chi connectivity index (χ4n) is 2.39. The van der Waals surface area contributed by atoms with E-state index in [1.54, 1.807) is 0 Å². The van der Waals surface area contributed by atoms with E-state index >= 15 is 0 Å². The fraction of sp³-hybridized carbons (Fsp3) is 0.438. The molecule has 108 valence electrons. The third kappa shape index (κ3) is 3.70. The van der Waals surface area contributed by atoms with Crippen LogP contribution in [0, 0.1) is 0 Å². The molecule has 0 aliphatic carbocycles. The molecule has 3 nitrogen and oxygen atoms in total. The van der Waals surface area contributed by atoms with Crippen molar-refractivity contribution in [3.63, 3.8) is 0 Å². The van der Waals surface area contributed by atoms with E-state index in [4.69, 9.17) is 0 Å². The highest BCUT2D eigenvalue weighted by atomic mass is 79.9. The highest BCUT2D eigenvalue weighted by Crippen LogP contribution is 2.21. The van der Waals surface area contributed by atoms with E-state index < -0.39 is 0 Å². The van der Waals surface area contributed by atoms with E-state index in [0.717, 1.165) is 29.6 Å². The molecule has 0 fully saturated rings. The second kappa shape index (κ2) is 7.04. The minimum Gasteiger partial charge on any atom is -0.310 e. The van der Waals surface area contributed by atoms with Crippen LogP contribution >= 0.6 is 15.9 Å². The first-order chi connectivity index (χ1) is 9.63. The number of nitrogens with zero attached hydrogens (tertiary/aromatic N) is 2. The van der Waals surface area contributed by atoms with Crippen LogP contribution < -0.4 is 5.32 Å². The number of aryl methyl sites for hydroxylation is 2. The van der Waals surface area contributed by atoms with Crippen molar-refractivity contribution in [2.75, 3.05) is 6.54 Å². The summed E-state index contributed by atoms with van der Waals surface area (Å²) in [5.41, 5.74) is 3.75. The average molecular weight is 336 g/mol. The first kappa shape index (κ1) is 15.3. The highest BCUT2D eigenvalue weighted by molar-refractivity contribution is 9.10. The summed E-state index contributed by atoms with van der Waals surface area (Å²) in [4.78, 5) is 0. The van der Waals surface area contributed by atoms with Gasteiger partial charge in [0.15, 0.2) is 0 Å². The van der Waals surface area contributed by atoms with Crippen LogP contribution in [0.1, 0.15) is 36.8 Å². The van der Waals surface area contributed by atoms with Gasteiger partial charge in [0.05, 0.1) is 5.69 Å². The molecule has 0 radical (unpaired) electrons. The van der Waals surface area contributed by atoms with Crippen LogP contribution in [0.2, 0.25) is 0 Å². The molecule has 0 saturated heterocycles. The number of nitrogens with one attached hydrogen (secondary N) is 1. The third-order valence-corrected chi connectivity index (χ3v) is 4.05. The number of halogens is 1. The Morgan fingerprint density at radius 2 is 1.95 bits per heavy atom. The number of hydrogen-bond donors (Lipinski definition) is 1.